The SMILES string of the molecule is Brc1ccc2sc(-c3cccs3)nc2c1. The van der Waals surface area contributed by atoms with Gasteiger partial charge in [0.2, 0.25) is 0 Å². The summed E-state index contributed by atoms with van der Waals surface area (Å²) >= 11 is 6.93. The number of nitrogens with zero attached hydrogens (tertiary/aromatic N) is 1. The van der Waals surface area contributed by atoms with E-state index in [9.17, 15) is 0 Å². The summed E-state index contributed by atoms with van der Waals surface area (Å²) in [6.07, 6.45) is 0. The number of thiophene rings is 1. The lowest BCUT2D eigenvalue weighted by Crippen LogP contribution is -1.69. The Labute approximate surface area is 104 Å². The Kier molecular flexibility index (Phi) is 2.35. The number of rotatable bonds is 1. The highest BCUT2D eigenvalue weighted by Crippen LogP contribution is 2.33. The summed E-state index contributed by atoms with van der Waals surface area (Å²) in [6, 6.07) is 10.4. The van der Waals surface area contributed by atoms with E-state index in [1.54, 1.807) is 22.7 Å². The van der Waals surface area contributed by atoms with E-state index in [1.165, 1.54) is 9.58 Å². The van der Waals surface area contributed by atoms with Crippen LogP contribution in [0.4, 0.5) is 0 Å². The molecule has 0 atom stereocenters. The van der Waals surface area contributed by atoms with Gasteiger partial charge in [-0.2, -0.15) is 0 Å². The molecule has 3 aromatic rings. The zero-order valence-corrected chi connectivity index (χ0v) is 10.8. The lowest BCUT2D eigenvalue weighted by atomic mass is 10.3. The van der Waals surface area contributed by atoms with Crippen molar-refractivity contribution in [1.29, 1.82) is 0 Å². The molecule has 4 heteroatoms. The van der Waals surface area contributed by atoms with Crippen LogP contribution in [0.2, 0.25) is 0 Å². The summed E-state index contributed by atoms with van der Waals surface area (Å²) in [4.78, 5) is 5.86. The molecule has 2 aromatic heterocycles. The summed E-state index contributed by atoms with van der Waals surface area (Å²) in [7, 11) is 0. The molecule has 1 nitrogen and oxygen atoms in total. The van der Waals surface area contributed by atoms with Gasteiger partial charge < -0.3 is 0 Å². The minimum atomic E-state index is 1.07. The molecule has 0 N–H and O–H groups in total. The predicted octanol–water partition coefficient (Wildman–Crippen LogP) is 4.79. The van der Waals surface area contributed by atoms with Crippen molar-refractivity contribution in [2.24, 2.45) is 0 Å². The van der Waals surface area contributed by atoms with Crippen LogP contribution in [0, 0.1) is 0 Å². The molecule has 3 rings (SSSR count). The van der Waals surface area contributed by atoms with E-state index in [-0.39, 0.29) is 0 Å². The van der Waals surface area contributed by atoms with Crippen LogP contribution in [0.15, 0.2) is 40.2 Å². The normalized spacial score (nSPS) is 11.0. The smallest absolute Gasteiger partial charge is 0.134 e. The highest BCUT2D eigenvalue weighted by Gasteiger charge is 2.06. The minimum Gasteiger partial charge on any atom is -0.235 e. The molecule has 0 aliphatic heterocycles. The van der Waals surface area contributed by atoms with Crippen LogP contribution < -0.4 is 0 Å². The maximum Gasteiger partial charge on any atom is 0.134 e. The molecule has 15 heavy (non-hydrogen) atoms. The van der Waals surface area contributed by atoms with E-state index in [0.717, 1.165) is 15.0 Å². The first-order valence-corrected chi connectivity index (χ1v) is 6.92. The second kappa shape index (κ2) is 3.70. The first-order valence-electron chi connectivity index (χ1n) is 4.43. The first kappa shape index (κ1) is 9.51. The van der Waals surface area contributed by atoms with Gasteiger partial charge in [0.05, 0.1) is 15.1 Å². The van der Waals surface area contributed by atoms with Gasteiger partial charge in [0.1, 0.15) is 5.01 Å². The average Bonchev–Trinajstić information content (AvgIpc) is 2.84. The molecule has 0 bridgehead atoms. The topological polar surface area (TPSA) is 12.9 Å². The van der Waals surface area contributed by atoms with E-state index in [2.05, 4.69) is 56.6 Å². The Balaban J connectivity index is 2.22. The Morgan fingerprint density at radius 1 is 1.20 bits per heavy atom. The molecule has 0 radical (unpaired) electrons. The number of hydrogen-bond acceptors (Lipinski definition) is 3. The van der Waals surface area contributed by atoms with Gasteiger partial charge in [0, 0.05) is 4.47 Å². The lowest BCUT2D eigenvalue weighted by Gasteiger charge is -1.87. The molecule has 74 valence electrons. The summed E-state index contributed by atoms with van der Waals surface area (Å²) in [5.41, 5.74) is 1.07. The van der Waals surface area contributed by atoms with Crippen molar-refractivity contribution in [2.45, 2.75) is 0 Å². The van der Waals surface area contributed by atoms with Crippen LogP contribution in [-0.2, 0) is 0 Å². The quantitative estimate of drug-likeness (QED) is 0.629. The fraction of sp³-hybridized carbons (Fsp3) is 0. The zero-order valence-electron chi connectivity index (χ0n) is 7.61. The molecule has 2 heterocycles. The molecular formula is C11H6BrNS2. The third-order valence-corrected chi connectivity index (χ3v) is 4.65. The van der Waals surface area contributed by atoms with Gasteiger partial charge in [0.15, 0.2) is 0 Å². The van der Waals surface area contributed by atoms with Gasteiger partial charge in [0.25, 0.3) is 0 Å². The van der Waals surface area contributed by atoms with Gasteiger partial charge in [-0.15, -0.1) is 22.7 Å². The summed E-state index contributed by atoms with van der Waals surface area (Å²) < 4.78 is 2.32. The highest BCUT2D eigenvalue weighted by atomic mass is 79.9. The van der Waals surface area contributed by atoms with Crippen LogP contribution in [-0.4, -0.2) is 4.98 Å². The molecule has 0 aliphatic carbocycles. The second-order valence-electron chi connectivity index (χ2n) is 3.11. The number of hydrogen-bond donors (Lipinski definition) is 0. The molecule has 0 saturated carbocycles. The van der Waals surface area contributed by atoms with Gasteiger partial charge in [-0.25, -0.2) is 4.98 Å². The van der Waals surface area contributed by atoms with Crippen molar-refractivity contribution in [3.8, 4) is 9.88 Å². The van der Waals surface area contributed by atoms with E-state index >= 15 is 0 Å². The monoisotopic (exact) mass is 295 g/mol. The number of fused-ring (bicyclic) bond motifs is 1. The van der Waals surface area contributed by atoms with E-state index < -0.39 is 0 Å². The summed E-state index contributed by atoms with van der Waals surface area (Å²) in [5.74, 6) is 0. The predicted molar refractivity (Wildman–Crippen MR) is 70.6 cm³/mol. The van der Waals surface area contributed by atoms with Crippen LogP contribution in [0.3, 0.4) is 0 Å². The van der Waals surface area contributed by atoms with Crippen LogP contribution >= 0.6 is 38.6 Å². The van der Waals surface area contributed by atoms with Gasteiger partial charge >= 0.3 is 0 Å². The Hall–Kier alpha value is -0.710. The van der Waals surface area contributed by atoms with Gasteiger partial charge in [-0.05, 0) is 29.6 Å². The lowest BCUT2D eigenvalue weighted by molar-refractivity contribution is 1.49. The van der Waals surface area contributed by atoms with Crippen molar-refractivity contribution in [2.75, 3.05) is 0 Å². The Morgan fingerprint density at radius 3 is 2.93 bits per heavy atom. The molecule has 0 saturated heterocycles. The molecule has 0 aliphatic rings. The van der Waals surface area contributed by atoms with Crippen LogP contribution in [0.5, 0.6) is 0 Å². The largest absolute Gasteiger partial charge is 0.235 e. The summed E-state index contributed by atoms with van der Waals surface area (Å²) in [6.45, 7) is 0. The van der Waals surface area contributed by atoms with E-state index in [0.29, 0.717) is 0 Å². The number of aromatic nitrogens is 1. The van der Waals surface area contributed by atoms with Crippen molar-refractivity contribution < 1.29 is 0 Å². The van der Waals surface area contributed by atoms with Gasteiger partial charge in [-0.1, -0.05) is 22.0 Å². The molecule has 0 spiro atoms. The average molecular weight is 296 g/mol. The fourth-order valence-electron chi connectivity index (χ4n) is 1.41. The third kappa shape index (κ3) is 1.73. The summed E-state index contributed by atoms with van der Waals surface area (Å²) in [5, 5.41) is 3.19. The molecular weight excluding hydrogens is 290 g/mol. The number of thiazole rings is 1. The highest BCUT2D eigenvalue weighted by molar-refractivity contribution is 9.10. The van der Waals surface area contributed by atoms with Crippen molar-refractivity contribution >= 4 is 48.8 Å². The molecule has 0 fully saturated rings. The van der Waals surface area contributed by atoms with Gasteiger partial charge in [-0.3, -0.25) is 0 Å². The molecule has 0 amide bonds. The fourth-order valence-corrected chi connectivity index (χ4v) is 3.50. The third-order valence-electron chi connectivity index (χ3n) is 2.08. The van der Waals surface area contributed by atoms with Crippen LogP contribution in [0.25, 0.3) is 20.1 Å². The second-order valence-corrected chi connectivity index (χ2v) is 6.00. The standard InChI is InChI=1S/C11H6BrNS2/c12-7-3-4-9-8(6-7)13-11(15-9)10-2-1-5-14-10/h1-6H. The van der Waals surface area contributed by atoms with Crippen molar-refractivity contribution in [1.82, 2.24) is 4.98 Å². The molecule has 1 aromatic carbocycles. The van der Waals surface area contributed by atoms with Crippen LogP contribution in [0.1, 0.15) is 0 Å². The zero-order chi connectivity index (χ0) is 10.3. The maximum absolute atomic E-state index is 4.61. The Bertz CT molecular complexity index is 598. The molecule has 0 unspecified atom stereocenters. The first-order chi connectivity index (χ1) is 7.33. The number of benzene rings is 1. The van der Waals surface area contributed by atoms with Crippen molar-refractivity contribution in [3.63, 3.8) is 0 Å². The Morgan fingerprint density at radius 2 is 2.13 bits per heavy atom. The van der Waals surface area contributed by atoms with E-state index in [4.69, 9.17) is 0 Å². The number of halogens is 1. The minimum absolute atomic E-state index is 1.07. The van der Waals surface area contributed by atoms with E-state index in [1.807, 2.05) is 0 Å². The van der Waals surface area contributed by atoms with Crippen molar-refractivity contribution in [3.05, 3.63) is 40.2 Å². The maximum atomic E-state index is 4.61.